The van der Waals surface area contributed by atoms with E-state index in [4.69, 9.17) is 24.3 Å². The van der Waals surface area contributed by atoms with Gasteiger partial charge in [-0.1, -0.05) is 142 Å². The number of rotatable bonds is 33. The minimum Gasteiger partial charge on any atom is -0.462 e. The van der Waals surface area contributed by atoms with E-state index in [1.54, 1.807) is 13.8 Å². The molecule has 0 bridgehead atoms. The molecule has 0 amide bonds. The van der Waals surface area contributed by atoms with E-state index in [0.29, 0.717) is 6.42 Å². The fraction of sp³-hybridized carbons (Fsp3) is 0.943. The molecule has 0 rings (SSSR count). The number of hydrogen-bond acceptors (Lipinski definition) is 8. The van der Waals surface area contributed by atoms with Crippen LogP contribution >= 0.6 is 7.82 Å². The molecule has 0 aliphatic carbocycles. The van der Waals surface area contributed by atoms with Crippen LogP contribution in [0.2, 0.25) is 0 Å². The molecule has 268 valence electrons. The van der Waals surface area contributed by atoms with Crippen molar-refractivity contribution in [2.45, 2.75) is 193 Å². The molecule has 2 atom stereocenters. The van der Waals surface area contributed by atoms with Crippen molar-refractivity contribution >= 4 is 19.8 Å². The van der Waals surface area contributed by atoms with Crippen molar-refractivity contribution in [1.82, 2.24) is 0 Å². The summed E-state index contributed by atoms with van der Waals surface area (Å²) in [5.74, 6) is -0.830. The van der Waals surface area contributed by atoms with Gasteiger partial charge in [0.2, 0.25) is 0 Å². The first-order valence-electron chi connectivity index (χ1n) is 18.2. The lowest BCUT2D eigenvalue weighted by Crippen LogP contribution is -2.37. The van der Waals surface area contributed by atoms with Crippen LogP contribution < -0.4 is 5.73 Å². The van der Waals surface area contributed by atoms with Crippen molar-refractivity contribution in [2.24, 2.45) is 5.73 Å². The summed E-state index contributed by atoms with van der Waals surface area (Å²) in [4.78, 5) is 34.9. The Morgan fingerprint density at radius 1 is 0.622 bits per heavy atom. The van der Waals surface area contributed by atoms with Crippen molar-refractivity contribution < 1.29 is 37.6 Å². The summed E-state index contributed by atoms with van der Waals surface area (Å²) in [5.41, 5.74) is 4.99. The molecule has 0 spiro atoms. The van der Waals surface area contributed by atoms with Gasteiger partial charge < -0.3 is 20.1 Å². The number of ether oxygens (including phenoxy) is 2. The van der Waals surface area contributed by atoms with Crippen molar-refractivity contribution in [1.29, 1.82) is 0 Å². The number of hydrogen-bond donors (Lipinski definition) is 2. The van der Waals surface area contributed by atoms with Crippen molar-refractivity contribution in [3.63, 3.8) is 0 Å². The maximum absolute atomic E-state index is 12.5. The Kier molecular flexibility index (Phi) is 28.5. The first-order chi connectivity index (χ1) is 21.5. The first-order valence-corrected chi connectivity index (χ1v) is 19.7. The summed E-state index contributed by atoms with van der Waals surface area (Å²) in [5, 5.41) is 0. The molecule has 0 saturated carbocycles. The molecule has 45 heavy (non-hydrogen) atoms. The summed E-state index contributed by atoms with van der Waals surface area (Å²) in [6, 6.07) is 0. The minimum absolute atomic E-state index is 0.196. The van der Waals surface area contributed by atoms with E-state index < -0.39 is 32.0 Å². The van der Waals surface area contributed by atoms with Crippen LogP contribution in [0.5, 0.6) is 0 Å². The van der Waals surface area contributed by atoms with Crippen LogP contribution in [-0.2, 0) is 32.7 Å². The molecule has 9 nitrogen and oxygen atoms in total. The van der Waals surface area contributed by atoms with E-state index in [9.17, 15) is 19.0 Å². The van der Waals surface area contributed by atoms with Crippen molar-refractivity contribution in [3.8, 4) is 0 Å². The largest absolute Gasteiger partial charge is 0.472 e. The predicted molar refractivity (Wildman–Crippen MR) is 183 cm³/mol. The van der Waals surface area contributed by atoms with Crippen LogP contribution in [0.15, 0.2) is 0 Å². The molecule has 0 aromatic carbocycles. The number of phosphoric acid groups is 1. The number of unbranched alkanes of at least 4 members (excludes halogenated alkanes) is 20. The zero-order valence-electron chi connectivity index (χ0n) is 29.5. The monoisotopic (exact) mass is 663 g/mol. The molecule has 0 aromatic rings. The van der Waals surface area contributed by atoms with Gasteiger partial charge in [0.05, 0.1) is 13.2 Å². The summed E-state index contributed by atoms with van der Waals surface area (Å²) < 4.78 is 33.2. The molecule has 0 heterocycles. The molecule has 0 radical (unpaired) electrons. The maximum Gasteiger partial charge on any atom is 0.472 e. The van der Waals surface area contributed by atoms with Gasteiger partial charge in [0, 0.05) is 18.4 Å². The van der Waals surface area contributed by atoms with Crippen molar-refractivity contribution in [3.05, 3.63) is 0 Å². The average molecular weight is 664 g/mol. The zero-order valence-corrected chi connectivity index (χ0v) is 30.4. The highest BCUT2D eigenvalue weighted by Crippen LogP contribution is 2.43. The quantitative estimate of drug-likeness (QED) is 0.0400. The lowest BCUT2D eigenvalue weighted by atomic mass is 10.1. The van der Waals surface area contributed by atoms with Gasteiger partial charge in [0.25, 0.3) is 0 Å². The highest BCUT2D eigenvalue weighted by molar-refractivity contribution is 7.47. The normalized spacial score (nSPS) is 13.8. The summed E-state index contributed by atoms with van der Waals surface area (Å²) in [7, 11) is -4.43. The first kappa shape index (κ1) is 44.0. The third-order valence-corrected chi connectivity index (χ3v) is 8.65. The Labute approximate surface area is 276 Å². The van der Waals surface area contributed by atoms with Gasteiger partial charge in [0.1, 0.15) is 6.61 Å². The Morgan fingerprint density at radius 3 is 1.40 bits per heavy atom. The SMILES string of the molecule is CCCCCCCCCCCCCC(=O)OC[C@@H](COP(=O)(O)OCC(C)(C)N)OC(=O)CCCCCCCCCCCCC. The lowest BCUT2D eigenvalue weighted by Gasteiger charge is -2.22. The number of nitrogens with two attached hydrogens (primary N) is 1. The van der Waals surface area contributed by atoms with E-state index in [1.165, 1.54) is 103 Å². The number of carbonyl (C=O) groups is 2. The number of esters is 2. The third kappa shape index (κ3) is 32.7. The van der Waals surface area contributed by atoms with Gasteiger partial charge in [0.15, 0.2) is 6.10 Å². The highest BCUT2D eigenvalue weighted by Gasteiger charge is 2.28. The second-order valence-corrected chi connectivity index (χ2v) is 14.8. The fourth-order valence-electron chi connectivity index (χ4n) is 4.95. The van der Waals surface area contributed by atoms with E-state index in [2.05, 4.69) is 13.8 Å². The van der Waals surface area contributed by atoms with E-state index in [0.717, 1.165) is 32.1 Å². The molecule has 0 aliphatic heterocycles. The number of phosphoric ester groups is 1. The molecule has 10 heteroatoms. The predicted octanol–water partition coefficient (Wildman–Crippen LogP) is 9.71. The summed E-state index contributed by atoms with van der Waals surface area (Å²) in [6.45, 7) is 6.89. The van der Waals surface area contributed by atoms with Gasteiger partial charge in [-0.3, -0.25) is 18.6 Å². The fourth-order valence-corrected chi connectivity index (χ4v) is 5.87. The molecule has 0 aromatic heterocycles. The summed E-state index contributed by atoms with van der Waals surface area (Å²) >= 11 is 0. The number of carbonyl (C=O) groups excluding carboxylic acids is 2. The van der Waals surface area contributed by atoms with E-state index in [-0.39, 0.29) is 32.0 Å². The van der Waals surface area contributed by atoms with E-state index >= 15 is 0 Å². The average Bonchev–Trinajstić information content (AvgIpc) is 2.98. The topological polar surface area (TPSA) is 134 Å². The molecule has 0 aliphatic rings. The molecule has 0 fully saturated rings. The van der Waals surface area contributed by atoms with Gasteiger partial charge in [-0.05, 0) is 26.7 Å². The Bertz CT molecular complexity index is 758. The van der Waals surface area contributed by atoms with Crippen LogP contribution in [0.25, 0.3) is 0 Å². The minimum atomic E-state index is -4.43. The molecule has 1 unspecified atom stereocenters. The van der Waals surface area contributed by atoms with Gasteiger partial charge in [-0.2, -0.15) is 0 Å². The second-order valence-electron chi connectivity index (χ2n) is 13.4. The Balaban J connectivity index is 4.40. The van der Waals surface area contributed by atoms with Crippen molar-refractivity contribution in [2.75, 3.05) is 19.8 Å². The van der Waals surface area contributed by atoms with Crippen LogP contribution in [0.1, 0.15) is 182 Å². The standard InChI is InChI=1S/C35H70NO8P/c1-5-7-9-11-13-15-17-19-21-23-25-27-33(37)41-29-32(30-42-45(39,40)43-31-35(3,4)36)44-34(38)28-26-24-22-20-18-16-14-12-10-8-6-2/h32H,5-31,36H2,1-4H3,(H,39,40)/t32-/m0/s1. The zero-order chi connectivity index (χ0) is 33.7. The Morgan fingerprint density at radius 2 is 1.00 bits per heavy atom. The van der Waals surface area contributed by atoms with Gasteiger partial charge in [-0.15, -0.1) is 0 Å². The summed E-state index contributed by atoms with van der Waals surface area (Å²) in [6.07, 6.45) is 25.5. The van der Waals surface area contributed by atoms with E-state index in [1.807, 2.05) is 0 Å². The molecular weight excluding hydrogens is 593 g/mol. The van der Waals surface area contributed by atoms with Crippen LogP contribution in [0.3, 0.4) is 0 Å². The van der Waals surface area contributed by atoms with Crippen LogP contribution in [0.4, 0.5) is 0 Å². The molecule has 0 saturated heterocycles. The van der Waals surface area contributed by atoms with Gasteiger partial charge >= 0.3 is 19.8 Å². The molecule has 3 N–H and O–H groups in total. The highest BCUT2D eigenvalue weighted by atomic mass is 31.2. The third-order valence-electron chi connectivity index (χ3n) is 7.72. The molecular formula is C35H70NO8P. The Hall–Kier alpha value is -0.990. The van der Waals surface area contributed by atoms with Crippen LogP contribution in [-0.4, -0.2) is 48.3 Å². The lowest BCUT2D eigenvalue weighted by molar-refractivity contribution is -0.161. The second kappa shape index (κ2) is 29.2. The smallest absolute Gasteiger partial charge is 0.462 e. The van der Waals surface area contributed by atoms with Gasteiger partial charge in [-0.25, -0.2) is 4.57 Å². The van der Waals surface area contributed by atoms with Crippen LogP contribution in [0, 0.1) is 0 Å². The maximum atomic E-state index is 12.5.